The molecule has 6 heteroatoms. The minimum absolute atomic E-state index is 0.173. The summed E-state index contributed by atoms with van der Waals surface area (Å²) in [5, 5.41) is 3.26. The number of carbonyl (C=O) groups is 1. The van der Waals surface area contributed by atoms with Crippen LogP contribution in [-0.2, 0) is 10.5 Å². The maximum atomic E-state index is 13.7. The maximum Gasteiger partial charge on any atom is 0.260 e. The van der Waals surface area contributed by atoms with Gasteiger partial charge in [-0.3, -0.25) is 4.79 Å². The van der Waals surface area contributed by atoms with Crippen LogP contribution < -0.4 is 10.1 Å². The number of nitrogens with one attached hydrogen (secondary N) is 1. The molecule has 0 spiro atoms. The number of rotatable bonds is 8. The van der Waals surface area contributed by atoms with Gasteiger partial charge >= 0.3 is 0 Å². The molecule has 0 saturated carbocycles. The first kappa shape index (κ1) is 20.6. The number of benzene rings is 2. The van der Waals surface area contributed by atoms with E-state index in [1.807, 2.05) is 26.0 Å². The van der Waals surface area contributed by atoms with Gasteiger partial charge in [0.2, 0.25) is 0 Å². The molecule has 0 aliphatic heterocycles. The molecule has 2 aromatic carbocycles. The number of ether oxygens (including phenoxy) is 1. The summed E-state index contributed by atoms with van der Waals surface area (Å²) in [5.41, 5.74) is 2.68. The van der Waals surface area contributed by atoms with E-state index in [4.69, 9.17) is 16.3 Å². The van der Waals surface area contributed by atoms with Gasteiger partial charge in [-0.15, -0.1) is 0 Å². The molecule has 1 amide bonds. The summed E-state index contributed by atoms with van der Waals surface area (Å²) in [7, 11) is 0. The number of hydrogen-bond acceptors (Lipinski definition) is 3. The molecule has 2 rings (SSSR count). The molecule has 0 saturated heterocycles. The van der Waals surface area contributed by atoms with Crippen LogP contribution in [0.5, 0.6) is 5.75 Å². The Morgan fingerprint density at radius 2 is 1.96 bits per heavy atom. The first-order chi connectivity index (χ1) is 12.4. The second-order valence-corrected chi connectivity index (χ2v) is 7.64. The average molecular weight is 396 g/mol. The van der Waals surface area contributed by atoms with Crippen molar-refractivity contribution >= 4 is 29.3 Å². The number of hydrogen-bond donors (Lipinski definition) is 1. The molecule has 0 unspecified atom stereocenters. The van der Waals surface area contributed by atoms with Crippen molar-refractivity contribution in [2.24, 2.45) is 0 Å². The molecule has 2 aromatic rings. The van der Waals surface area contributed by atoms with Crippen LogP contribution in [0.15, 0.2) is 36.4 Å². The Morgan fingerprint density at radius 3 is 2.62 bits per heavy atom. The van der Waals surface area contributed by atoms with Crippen LogP contribution in [0.3, 0.4) is 0 Å². The number of amides is 1. The number of halogens is 2. The van der Waals surface area contributed by atoms with Crippen molar-refractivity contribution in [1.82, 2.24) is 5.32 Å². The van der Waals surface area contributed by atoms with Crippen LogP contribution in [0.1, 0.15) is 23.6 Å². The Bertz CT molecular complexity index is 729. The van der Waals surface area contributed by atoms with Crippen molar-refractivity contribution < 1.29 is 13.9 Å². The van der Waals surface area contributed by atoms with E-state index in [1.165, 1.54) is 17.8 Å². The molecule has 3 nitrogen and oxygen atoms in total. The topological polar surface area (TPSA) is 38.3 Å². The summed E-state index contributed by atoms with van der Waals surface area (Å²) < 4.78 is 19.4. The largest absolute Gasteiger partial charge is 0.481 e. The molecule has 0 bridgehead atoms. The normalized spacial score (nSPS) is 11.9. The lowest BCUT2D eigenvalue weighted by molar-refractivity contribution is -0.127. The van der Waals surface area contributed by atoms with Gasteiger partial charge in [-0.25, -0.2) is 4.39 Å². The minimum Gasteiger partial charge on any atom is -0.481 e. The smallest absolute Gasteiger partial charge is 0.260 e. The first-order valence-electron chi connectivity index (χ1n) is 8.40. The number of aryl methyl sites for hydroxylation is 2. The summed E-state index contributed by atoms with van der Waals surface area (Å²) in [5.74, 6) is 1.34. The highest BCUT2D eigenvalue weighted by molar-refractivity contribution is 7.98. The highest BCUT2D eigenvalue weighted by Gasteiger charge is 2.14. The van der Waals surface area contributed by atoms with Crippen molar-refractivity contribution in [2.75, 3.05) is 12.3 Å². The van der Waals surface area contributed by atoms with E-state index >= 15 is 0 Å². The fourth-order valence-corrected chi connectivity index (χ4v) is 3.69. The van der Waals surface area contributed by atoms with E-state index in [1.54, 1.807) is 19.1 Å². The quantitative estimate of drug-likeness (QED) is 0.645. The monoisotopic (exact) mass is 395 g/mol. The Kier molecular flexibility index (Phi) is 7.79. The summed E-state index contributed by atoms with van der Waals surface area (Å²) >= 11 is 7.51. The van der Waals surface area contributed by atoms with Gasteiger partial charge in [0.15, 0.2) is 6.10 Å². The highest BCUT2D eigenvalue weighted by Crippen LogP contribution is 2.23. The van der Waals surface area contributed by atoms with Gasteiger partial charge in [0, 0.05) is 28.6 Å². The standard InChI is InChI=1S/C20H23ClFNO2S/c1-13-9-14(2)11-16(10-13)25-15(3)20(24)23-7-8-26-12-17-18(21)5-4-6-19(17)22/h4-6,9-11,15H,7-8,12H2,1-3H3,(H,23,24)/t15-/m0/s1. The van der Waals surface area contributed by atoms with E-state index < -0.39 is 6.10 Å². The van der Waals surface area contributed by atoms with Gasteiger partial charge in [-0.2, -0.15) is 11.8 Å². The van der Waals surface area contributed by atoms with Crippen LogP contribution in [-0.4, -0.2) is 24.3 Å². The zero-order valence-corrected chi connectivity index (χ0v) is 16.7. The van der Waals surface area contributed by atoms with Crippen molar-refractivity contribution in [3.63, 3.8) is 0 Å². The third-order valence-electron chi connectivity index (χ3n) is 3.73. The second-order valence-electron chi connectivity index (χ2n) is 6.13. The predicted molar refractivity (Wildman–Crippen MR) is 107 cm³/mol. The molecule has 0 aliphatic rings. The van der Waals surface area contributed by atoms with E-state index in [0.717, 1.165) is 11.1 Å². The molecule has 0 heterocycles. The van der Waals surface area contributed by atoms with Gasteiger partial charge in [0.1, 0.15) is 11.6 Å². The molecule has 0 radical (unpaired) electrons. The molecule has 1 N–H and O–H groups in total. The summed E-state index contributed by atoms with van der Waals surface area (Å²) in [6, 6.07) is 10.5. The molecular weight excluding hydrogens is 373 g/mol. The third kappa shape index (κ3) is 6.22. The second kappa shape index (κ2) is 9.83. The van der Waals surface area contributed by atoms with Crippen molar-refractivity contribution in [1.29, 1.82) is 0 Å². The maximum absolute atomic E-state index is 13.7. The van der Waals surface area contributed by atoms with Crippen LogP contribution >= 0.6 is 23.4 Å². The predicted octanol–water partition coefficient (Wildman–Crippen LogP) is 4.91. The lowest BCUT2D eigenvalue weighted by atomic mass is 10.1. The molecule has 0 fully saturated rings. The average Bonchev–Trinajstić information content (AvgIpc) is 2.55. The van der Waals surface area contributed by atoms with Gasteiger partial charge in [0.05, 0.1) is 0 Å². The van der Waals surface area contributed by atoms with Crippen molar-refractivity contribution in [3.05, 3.63) is 63.9 Å². The Hall–Kier alpha value is -1.72. The van der Waals surface area contributed by atoms with Crippen molar-refractivity contribution in [3.8, 4) is 5.75 Å². The molecular formula is C20H23ClFNO2S. The van der Waals surface area contributed by atoms with Crippen LogP contribution in [0.4, 0.5) is 4.39 Å². The van der Waals surface area contributed by atoms with Gasteiger partial charge in [-0.05, 0) is 56.2 Å². The molecule has 1 atom stereocenters. The Labute approximate surface area is 163 Å². The fraction of sp³-hybridized carbons (Fsp3) is 0.350. The Balaban J connectivity index is 1.72. The van der Waals surface area contributed by atoms with E-state index in [0.29, 0.717) is 34.4 Å². The van der Waals surface area contributed by atoms with Crippen LogP contribution in [0, 0.1) is 19.7 Å². The van der Waals surface area contributed by atoms with Crippen LogP contribution in [0.25, 0.3) is 0 Å². The van der Waals surface area contributed by atoms with Gasteiger partial charge in [-0.1, -0.05) is 23.7 Å². The lowest BCUT2D eigenvalue weighted by Crippen LogP contribution is -2.37. The van der Waals surface area contributed by atoms with Crippen molar-refractivity contribution in [2.45, 2.75) is 32.6 Å². The fourth-order valence-electron chi connectivity index (χ4n) is 2.49. The zero-order chi connectivity index (χ0) is 19.1. The van der Waals surface area contributed by atoms with E-state index in [-0.39, 0.29) is 11.7 Å². The summed E-state index contributed by atoms with van der Waals surface area (Å²) in [6.07, 6.45) is -0.581. The molecule has 0 aliphatic carbocycles. The Morgan fingerprint density at radius 1 is 1.27 bits per heavy atom. The van der Waals surface area contributed by atoms with Crippen LogP contribution in [0.2, 0.25) is 5.02 Å². The minimum atomic E-state index is -0.581. The molecule has 26 heavy (non-hydrogen) atoms. The first-order valence-corrected chi connectivity index (χ1v) is 9.93. The molecule has 140 valence electrons. The zero-order valence-electron chi connectivity index (χ0n) is 15.1. The summed E-state index contributed by atoms with van der Waals surface area (Å²) in [6.45, 7) is 6.18. The third-order valence-corrected chi connectivity index (χ3v) is 5.07. The lowest BCUT2D eigenvalue weighted by Gasteiger charge is -2.15. The van der Waals surface area contributed by atoms with E-state index in [9.17, 15) is 9.18 Å². The summed E-state index contributed by atoms with van der Waals surface area (Å²) in [4.78, 5) is 12.1. The number of thioether (sulfide) groups is 1. The van der Waals surface area contributed by atoms with E-state index in [2.05, 4.69) is 11.4 Å². The van der Waals surface area contributed by atoms with Gasteiger partial charge < -0.3 is 10.1 Å². The SMILES string of the molecule is Cc1cc(C)cc(O[C@@H](C)C(=O)NCCSCc2c(F)cccc2Cl)c1. The van der Waals surface area contributed by atoms with Gasteiger partial charge in [0.25, 0.3) is 5.91 Å². The highest BCUT2D eigenvalue weighted by atomic mass is 35.5. The molecule has 0 aromatic heterocycles. The number of carbonyl (C=O) groups excluding carboxylic acids is 1.